The molecule has 0 aliphatic carbocycles. The zero-order valence-electron chi connectivity index (χ0n) is 15.4. The van der Waals surface area contributed by atoms with Gasteiger partial charge in [0.15, 0.2) is 0 Å². The van der Waals surface area contributed by atoms with E-state index < -0.39 is 12.5 Å². The number of ether oxygens (including phenoxy) is 2. The quantitative estimate of drug-likeness (QED) is 0.369. The van der Waals surface area contributed by atoms with E-state index in [1.165, 1.54) is 0 Å². The van der Waals surface area contributed by atoms with Crippen LogP contribution in [0.3, 0.4) is 0 Å². The summed E-state index contributed by atoms with van der Waals surface area (Å²) in [6, 6.07) is 16.9. The summed E-state index contributed by atoms with van der Waals surface area (Å²) in [6.07, 6.45) is 2.45. The first-order valence-corrected chi connectivity index (χ1v) is 10.1. The van der Waals surface area contributed by atoms with Crippen LogP contribution in [-0.2, 0) is 9.59 Å². The van der Waals surface area contributed by atoms with E-state index in [2.05, 4.69) is 0 Å². The van der Waals surface area contributed by atoms with Gasteiger partial charge in [-0.25, -0.2) is 0 Å². The fourth-order valence-electron chi connectivity index (χ4n) is 2.54. The minimum Gasteiger partial charge on any atom is -0.493 e. The molecule has 6 nitrogen and oxygen atoms in total. The van der Waals surface area contributed by atoms with Gasteiger partial charge in [-0.1, -0.05) is 54.3 Å². The van der Waals surface area contributed by atoms with E-state index in [-0.39, 0.29) is 10.2 Å². The third-order valence-electron chi connectivity index (χ3n) is 3.91. The Bertz CT molecular complexity index is 912. The van der Waals surface area contributed by atoms with Crippen molar-refractivity contribution >= 4 is 46.3 Å². The molecular formula is C21H19NO5S2. The van der Waals surface area contributed by atoms with Gasteiger partial charge in [-0.05, 0) is 35.9 Å². The monoisotopic (exact) mass is 429 g/mol. The van der Waals surface area contributed by atoms with Crippen LogP contribution in [0.5, 0.6) is 11.5 Å². The lowest BCUT2D eigenvalue weighted by atomic mass is 10.2. The van der Waals surface area contributed by atoms with Crippen LogP contribution in [0.25, 0.3) is 6.08 Å². The summed E-state index contributed by atoms with van der Waals surface area (Å²) in [4.78, 5) is 24.6. The molecular weight excluding hydrogens is 410 g/mol. The molecule has 3 rings (SSSR count). The summed E-state index contributed by atoms with van der Waals surface area (Å²) in [5, 5.41) is 8.87. The summed E-state index contributed by atoms with van der Waals surface area (Å²) in [6.45, 7) is 0.670. The van der Waals surface area contributed by atoms with Crippen LogP contribution >= 0.6 is 24.0 Å². The van der Waals surface area contributed by atoms with E-state index >= 15 is 0 Å². The van der Waals surface area contributed by atoms with E-state index in [0.717, 1.165) is 40.1 Å². The number of aliphatic carboxylic acids is 1. The third kappa shape index (κ3) is 6.07. The molecule has 0 saturated carbocycles. The Kier molecular flexibility index (Phi) is 7.26. The minimum absolute atomic E-state index is 0.251. The number of carbonyl (C=O) groups is 2. The molecule has 29 heavy (non-hydrogen) atoms. The molecule has 1 fully saturated rings. The zero-order valence-corrected chi connectivity index (χ0v) is 17.1. The Labute approximate surface area is 178 Å². The van der Waals surface area contributed by atoms with Crippen LogP contribution in [-0.4, -0.2) is 46.0 Å². The Morgan fingerprint density at radius 1 is 1.03 bits per heavy atom. The van der Waals surface area contributed by atoms with Crippen molar-refractivity contribution < 1.29 is 24.2 Å². The maximum Gasteiger partial charge on any atom is 0.323 e. The minimum atomic E-state index is -1.10. The number of nitrogens with zero attached hydrogens (tertiary/aromatic N) is 1. The number of carbonyl (C=O) groups excluding carboxylic acids is 1. The average Bonchev–Trinajstić information content (AvgIpc) is 2.97. The number of hydrogen-bond acceptors (Lipinski definition) is 6. The smallest absolute Gasteiger partial charge is 0.323 e. The van der Waals surface area contributed by atoms with Crippen LogP contribution in [0.4, 0.5) is 0 Å². The van der Waals surface area contributed by atoms with Crippen molar-refractivity contribution in [2.75, 3.05) is 19.8 Å². The SMILES string of the molecule is O=C(O)CN1C(=O)/C(=C/c2ccc(OCCCOc3ccccc3)cc2)SC1=S. The van der Waals surface area contributed by atoms with Gasteiger partial charge in [0.05, 0.1) is 18.1 Å². The summed E-state index contributed by atoms with van der Waals surface area (Å²) < 4.78 is 11.6. The number of benzene rings is 2. The van der Waals surface area contributed by atoms with Gasteiger partial charge in [0.25, 0.3) is 5.91 Å². The topological polar surface area (TPSA) is 76.1 Å². The lowest BCUT2D eigenvalue weighted by molar-refractivity contribution is -0.140. The molecule has 1 amide bonds. The molecule has 0 spiro atoms. The highest BCUT2D eigenvalue weighted by Crippen LogP contribution is 2.32. The van der Waals surface area contributed by atoms with Gasteiger partial charge >= 0.3 is 5.97 Å². The summed E-state index contributed by atoms with van der Waals surface area (Å²) in [7, 11) is 0. The number of rotatable bonds is 9. The molecule has 0 atom stereocenters. The highest BCUT2D eigenvalue weighted by molar-refractivity contribution is 8.26. The molecule has 2 aromatic rings. The van der Waals surface area contributed by atoms with Crippen molar-refractivity contribution in [1.29, 1.82) is 0 Å². The second-order valence-corrected chi connectivity index (χ2v) is 7.77. The number of amides is 1. The summed E-state index contributed by atoms with van der Waals surface area (Å²) >= 11 is 6.18. The van der Waals surface area contributed by atoms with Gasteiger partial charge in [-0.2, -0.15) is 0 Å². The van der Waals surface area contributed by atoms with Crippen molar-refractivity contribution in [3.05, 3.63) is 65.1 Å². The maximum absolute atomic E-state index is 12.3. The molecule has 1 heterocycles. The summed E-state index contributed by atoms with van der Waals surface area (Å²) in [5.41, 5.74) is 0.806. The van der Waals surface area contributed by atoms with Crippen LogP contribution in [0.15, 0.2) is 59.5 Å². The molecule has 1 aliphatic heterocycles. The molecule has 1 aliphatic rings. The van der Waals surface area contributed by atoms with E-state index in [9.17, 15) is 9.59 Å². The first-order chi connectivity index (χ1) is 14.0. The van der Waals surface area contributed by atoms with Crippen LogP contribution < -0.4 is 9.47 Å². The molecule has 0 unspecified atom stereocenters. The van der Waals surface area contributed by atoms with Crippen LogP contribution in [0.1, 0.15) is 12.0 Å². The maximum atomic E-state index is 12.3. The van der Waals surface area contributed by atoms with Crippen molar-refractivity contribution in [2.24, 2.45) is 0 Å². The molecule has 0 aromatic heterocycles. The Hall–Kier alpha value is -2.84. The summed E-state index contributed by atoms with van der Waals surface area (Å²) in [5.74, 6) is 0.0743. The zero-order chi connectivity index (χ0) is 20.6. The highest BCUT2D eigenvalue weighted by Gasteiger charge is 2.33. The van der Waals surface area contributed by atoms with Gasteiger partial charge in [0, 0.05) is 6.42 Å². The second kappa shape index (κ2) is 10.1. The number of carboxylic acids is 1. The van der Waals surface area contributed by atoms with Crippen LogP contribution in [0.2, 0.25) is 0 Å². The molecule has 1 saturated heterocycles. The number of thioether (sulfide) groups is 1. The Morgan fingerprint density at radius 3 is 2.28 bits per heavy atom. The predicted molar refractivity (Wildman–Crippen MR) is 116 cm³/mol. The van der Waals surface area contributed by atoms with E-state index in [4.69, 9.17) is 26.8 Å². The standard InChI is InChI=1S/C21H19NO5S2/c23-19(24)14-22-20(25)18(29-21(22)28)13-15-7-9-17(10-8-15)27-12-4-11-26-16-5-2-1-3-6-16/h1-3,5-10,13H,4,11-12,14H2,(H,23,24)/b18-13-. The first-order valence-electron chi connectivity index (χ1n) is 8.91. The molecule has 0 radical (unpaired) electrons. The normalized spacial score (nSPS) is 15.0. The van der Waals surface area contributed by atoms with Gasteiger partial charge < -0.3 is 14.6 Å². The number of hydrogen-bond donors (Lipinski definition) is 1. The van der Waals surface area contributed by atoms with Crippen molar-refractivity contribution in [3.63, 3.8) is 0 Å². The van der Waals surface area contributed by atoms with Gasteiger partial charge in [0.1, 0.15) is 22.4 Å². The lowest BCUT2D eigenvalue weighted by Crippen LogP contribution is -2.33. The molecule has 150 valence electrons. The van der Waals surface area contributed by atoms with Crippen molar-refractivity contribution in [2.45, 2.75) is 6.42 Å². The highest BCUT2D eigenvalue weighted by atomic mass is 32.2. The van der Waals surface area contributed by atoms with E-state index in [1.54, 1.807) is 6.08 Å². The number of thiocarbonyl (C=S) groups is 1. The van der Waals surface area contributed by atoms with Crippen LogP contribution in [0, 0.1) is 0 Å². The third-order valence-corrected chi connectivity index (χ3v) is 5.29. The van der Waals surface area contributed by atoms with Crippen molar-refractivity contribution in [1.82, 2.24) is 4.90 Å². The molecule has 1 N–H and O–H groups in total. The largest absolute Gasteiger partial charge is 0.493 e. The fourth-order valence-corrected chi connectivity index (χ4v) is 3.79. The molecule has 0 bridgehead atoms. The van der Waals surface area contributed by atoms with Gasteiger partial charge in [-0.15, -0.1) is 0 Å². The van der Waals surface area contributed by atoms with Gasteiger partial charge in [0.2, 0.25) is 0 Å². The molecule has 2 aromatic carbocycles. The average molecular weight is 430 g/mol. The van der Waals surface area contributed by atoms with Crippen molar-refractivity contribution in [3.8, 4) is 11.5 Å². The van der Waals surface area contributed by atoms with E-state index in [0.29, 0.717) is 18.1 Å². The fraction of sp³-hybridized carbons (Fsp3) is 0.190. The lowest BCUT2D eigenvalue weighted by Gasteiger charge is -2.10. The predicted octanol–water partition coefficient (Wildman–Crippen LogP) is 3.82. The number of carboxylic acid groups (broad SMARTS) is 1. The first kappa shape index (κ1) is 20.9. The Morgan fingerprint density at radius 2 is 1.66 bits per heavy atom. The van der Waals surface area contributed by atoms with Gasteiger partial charge in [-0.3, -0.25) is 14.5 Å². The number of para-hydroxylation sites is 1. The molecule has 8 heteroatoms. The Balaban J connectivity index is 1.47. The second-order valence-electron chi connectivity index (χ2n) is 6.09. The van der Waals surface area contributed by atoms with E-state index in [1.807, 2.05) is 54.6 Å².